The van der Waals surface area contributed by atoms with E-state index in [1.807, 2.05) is 0 Å². The van der Waals surface area contributed by atoms with Gasteiger partial charge in [-0.1, -0.05) is 12.1 Å². The van der Waals surface area contributed by atoms with Crippen LogP contribution in [0.5, 0.6) is 0 Å². The summed E-state index contributed by atoms with van der Waals surface area (Å²) in [5.74, 6) is -0.160. The summed E-state index contributed by atoms with van der Waals surface area (Å²) in [4.78, 5) is 22.7. The topological polar surface area (TPSA) is 82.3 Å². The number of nitriles is 1. The lowest BCUT2D eigenvalue weighted by atomic mass is 9.87. The fourth-order valence-electron chi connectivity index (χ4n) is 2.38. The lowest BCUT2D eigenvalue weighted by molar-refractivity contribution is 0.0925. The van der Waals surface area contributed by atoms with Crippen molar-refractivity contribution in [3.8, 4) is 6.07 Å². The van der Waals surface area contributed by atoms with Crippen molar-refractivity contribution in [2.75, 3.05) is 0 Å². The van der Waals surface area contributed by atoms with Gasteiger partial charge in [0.2, 0.25) is 0 Å². The number of nitroso groups, excluding NO2 is 1. The fourth-order valence-corrected chi connectivity index (χ4v) is 2.38. The molecule has 0 unspecified atom stereocenters. The molecular formula is C14H15N3O2. The number of carbonyl (C=O) groups excluding carboxylic acids is 1. The predicted molar refractivity (Wildman–Crippen MR) is 70.7 cm³/mol. The van der Waals surface area contributed by atoms with Crippen molar-refractivity contribution in [3.05, 3.63) is 34.7 Å². The normalized spacial score (nSPS) is 22.3. The second-order valence-electron chi connectivity index (χ2n) is 4.76. The maximum atomic E-state index is 12.1. The third kappa shape index (κ3) is 3.16. The first-order chi connectivity index (χ1) is 9.24. The molecule has 98 valence electrons. The van der Waals surface area contributed by atoms with Gasteiger partial charge in [0, 0.05) is 12.0 Å². The summed E-state index contributed by atoms with van der Waals surface area (Å²) >= 11 is 0. The van der Waals surface area contributed by atoms with Gasteiger partial charge in [-0.25, -0.2) is 0 Å². The monoisotopic (exact) mass is 257 g/mol. The van der Waals surface area contributed by atoms with Crippen LogP contribution in [0.15, 0.2) is 29.4 Å². The molecule has 1 amide bonds. The van der Waals surface area contributed by atoms with Crippen LogP contribution in [0.2, 0.25) is 0 Å². The molecule has 1 aromatic rings. The Kier molecular flexibility index (Phi) is 4.24. The van der Waals surface area contributed by atoms with Crippen molar-refractivity contribution in [1.82, 2.24) is 5.32 Å². The van der Waals surface area contributed by atoms with Crippen LogP contribution in [-0.4, -0.2) is 11.9 Å². The van der Waals surface area contributed by atoms with E-state index in [9.17, 15) is 9.70 Å². The van der Waals surface area contributed by atoms with Gasteiger partial charge in [-0.15, -0.1) is 4.91 Å². The first-order valence-corrected chi connectivity index (χ1v) is 6.37. The maximum Gasteiger partial charge on any atom is 0.253 e. The summed E-state index contributed by atoms with van der Waals surface area (Å²) in [6, 6.07) is 8.83. The third-order valence-corrected chi connectivity index (χ3v) is 3.49. The van der Waals surface area contributed by atoms with Crippen molar-refractivity contribution in [3.63, 3.8) is 0 Å². The van der Waals surface area contributed by atoms with E-state index >= 15 is 0 Å². The highest BCUT2D eigenvalue weighted by molar-refractivity contribution is 5.99. The lowest BCUT2D eigenvalue weighted by Gasteiger charge is -2.25. The number of carbonyl (C=O) groups is 1. The van der Waals surface area contributed by atoms with Crippen LogP contribution in [0.25, 0.3) is 0 Å². The van der Waals surface area contributed by atoms with Crippen LogP contribution in [0, 0.1) is 22.2 Å². The van der Waals surface area contributed by atoms with Crippen molar-refractivity contribution in [2.45, 2.75) is 31.7 Å². The average Bonchev–Trinajstić information content (AvgIpc) is 2.48. The Hall–Kier alpha value is -2.22. The molecular weight excluding hydrogens is 242 g/mol. The summed E-state index contributed by atoms with van der Waals surface area (Å²) in [5, 5.41) is 14.6. The molecule has 1 aliphatic carbocycles. The SMILES string of the molecule is N#CC1CCC(NC(=O)c2ccccc2N=O)CC1. The molecule has 19 heavy (non-hydrogen) atoms. The highest BCUT2D eigenvalue weighted by atomic mass is 16.3. The van der Waals surface area contributed by atoms with E-state index in [1.165, 1.54) is 6.07 Å². The fraction of sp³-hybridized carbons (Fsp3) is 0.429. The molecule has 1 N–H and O–H groups in total. The number of benzene rings is 1. The molecule has 1 aromatic carbocycles. The minimum absolute atomic E-state index is 0.0804. The largest absolute Gasteiger partial charge is 0.349 e. The summed E-state index contributed by atoms with van der Waals surface area (Å²) < 4.78 is 0. The Balaban J connectivity index is 1.98. The second kappa shape index (κ2) is 6.10. The van der Waals surface area contributed by atoms with Crippen LogP contribution in [-0.2, 0) is 0 Å². The number of rotatable bonds is 3. The summed E-state index contributed by atoms with van der Waals surface area (Å²) in [5.41, 5.74) is 0.464. The highest BCUT2D eigenvalue weighted by Gasteiger charge is 2.23. The Labute approximate surface area is 111 Å². The molecule has 2 rings (SSSR count). The molecule has 0 bridgehead atoms. The standard InChI is InChI=1S/C14H15N3O2/c15-9-10-5-7-11(8-6-10)16-14(18)12-3-1-2-4-13(12)17-19/h1-4,10-11H,5-8H2,(H,16,18). The van der Waals surface area contributed by atoms with Gasteiger partial charge in [0.25, 0.3) is 5.91 Å². The lowest BCUT2D eigenvalue weighted by Crippen LogP contribution is -2.37. The van der Waals surface area contributed by atoms with Crippen molar-refractivity contribution in [1.29, 1.82) is 5.26 Å². The van der Waals surface area contributed by atoms with Gasteiger partial charge >= 0.3 is 0 Å². The molecule has 0 heterocycles. The summed E-state index contributed by atoms with van der Waals surface area (Å²) in [6.45, 7) is 0. The van der Waals surface area contributed by atoms with E-state index in [0.29, 0.717) is 5.56 Å². The number of amides is 1. The first kappa shape index (κ1) is 13.2. The van der Waals surface area contributed by atoms with Gasteiger partial charge < -0.3 is 5.32 Å². The van der Waals surface area contributed by atoms with Crippen LogP contribution >= 0.6 is 0 Å². The van der Waals surface area contributed by atoms with E-state index < -0.39 is 0 Å². The number of nitrogens with one attached hydrogen (secondary N) is 1. The quantitative estimate of drug-likeness (QED) is 0.845. The Morgan fingerprint density at radius 3 is 2.58 bits per heavy atom. The molecule has 5 nitrogen and oxygen atoms in total. The van der Waals surface area contributed by atoms with Crippen molar-refractivity contribution >= 4 is 11.6 Å². The smallest absolute Gasteiger partial charge is 0.253 e. The highest BCUT2D eigenvalue weighted by Crippen LogP contribution is 2.24. The van der Waals surface area contributed by atoms with E-state index in [4.69, 9.17) is 5.26 Å². The number of nitrogens with zero attached hydrogens (tertiary/aromatic N) is 2. The zero-order valence-electron chi connectivity index (χ0n) is 10.5. The van der Waals surface area contributed by atoms with E-state index in [-0.39, 0.29) is 23.6 Å². The van der Waals surface area contributed by atoms with E-state index in [1.54, 1.807) is 18.2 Å². The van der Waals surface area contributed by atoms with Crippen LogP contribution in [0.3, 0.4) is 0 Å². The molecule has 0 spiro atoms. The van der Waals surface area contributed by atoms with Crippen LogP contribution in [0.4, 0.5) is 5.69 Å². The molecule has 1 fully saturated rings. The number of hydrogen-bond acceptors (Lipinski definition) is 4. The van der Waals surface area contributed by atoms with Gasteiger partial charge in [0.05, 0.1) is 11.6 Å². The molecule has 1 aliphatic rings. The first-order valence-electron chi connectivity index (χ1n) is 6.37. The van der Waals surface area contributed by atoms with Gasteiger partial charge in [-0.2, -0.15) is 5.26 Å². The van der Waals surface area contributed by atoms with Gasteiger partial charge in [-0.05, 0) is 43.0 Å². The van der Waals surface area contributed by atoms with Crippen LogP contribution in [0.1, 0.15) is 36.0 Å². The Morgan fingerprint density at radius 2 is 1.95 bits per heavy atom. The molecule has 0 atom stereocenters. The number of hydrogen-bond donors (Lipinski definition) is 1. The van der Waals surface area contributed by atoms with E-state index in [0.717, 1.165) is 25.7 Å². The zero-order valence-corrected chi connectivity index (χ0v) is 10.5. The molecule has 0 aromatic heterocycles. The molecule has 1 saturated carbocycles. The van der Waals surface area contributed by atoms with Gasteiger partial charge in [0.15, 0.2) is 0 Å². The maximum absolute atomic E-state index is 12.1. The molecule has 0 aliphatic heterocycles. The molecule has 5 heteroatoms. The Bertz CT molecular complexity index is 514. The van der Waals surface area contributed by atoms with E-state index in [2.05, 4.69) is 16.6 Å². The van der Waals surface area contributed by atoms with Crippen molar-refractivity contribution in [2.24, 2.45) is 11.1 Å². The summed E-state index contributed by atoms with van der Waals surface area (Å²) in [6.07, 6.45) is 3.24. The van der Waals surface area contributed by atoms with Gasteiger partial charge in [-0.3, -0.25) is 4.79 Å². The zero-order chi connectivity index (χ0) is 13.7. The average molecular weight is 257 g/mol. The second-order valence-corrected chi connectivity index (χ2v) is 4.76. The van der Waals surface area contributed by atoms with Crippen molar-refractivity contribution < 1.29 is 4.79 Å². The Morgan fingerprint density at radius 1 is 1.26 bits per heavy atom. The minimum atomic E-state index is -0.268. The third-order valence-electron chi connectivity index (χ3n) is 3.49. The van der Waals surface area contributed by atoms with Crippen LogP contribution < -0.4 is 5.32 Å². The molecule has 0 saturated heterocycles. The molecule has 0 radical (unpaired) electrons. The predicted octanol–water partition coefficient (Wildman–Crippen LogP) is 2.90. The summed E-state index contributed by atoms with van der Waals surface area (Å²) in [7, 11) is 0. The van der Waals surface area contributed by atoms with Gasteiger partial charge in [0.1, 0.15) is 5.69 Å². The minimum Gasteiger partial charge on any atom is -0.349 e.